The number of carbonyl (C=O) groups is 1. The number of carboxylic acids is 1. The highest BCUT2D eigenvalue weighted by Crippen LogP contribution is 2.39. The van der Waals surface area contributed by atoms with E-state index in [1.807, 2.05) is 13.8 Å². The Morgan fingerprint density at radius 1 is 1.29 bits per heavy atom. The lowest BCUT2D eigenvalue weighted by Gasteiger charge is -2.41. The van der Waals surface area contributed by atoms with Crippen molar-refractivity contribution < 1.29 is 23.1 Å². The Labute approximate surface area is 195 Å². The molecule has 0 radical (unpaired) electrons. The number of aliphatic carboxylic acids is 1. The van der Waals surface area contributed by atoms with Crippen molar-refractivity contribution in [2.24, 2.45) is 5.41 Å². The Bertz CT molecular complexity index is 1220. The number of piperidine rings is 1. The number of fused-ring (bicyclic) bond motifs is 1. The van der Waals surface area contributed by atoms with Crippen molar-refractivity contribution in [3.63, 3.8) is 0 Å². The number of halogens is 3. The quantitative estimate of drug-likeness (QED) is 0.538. The minimum Gasteiger partial charge on any atom is -0.481 e. The number of pyridine rings is 1. The van der Waals surface area contributed by atoms with Gasteiger partial charge in [0.25, 0.3) is 0 Å². The van der Waals surface area contributed by atoms with Crippen molar-refractivity contribution in [2.45, 2.75) is 59.1 Å². The molecule has 0 bridgehead atoms. The van der Waals surface area contributed by atoms with E-state index >= 15 is 0 Å². The van der Waals surface area contributed by atoms with Crippen molar-refractivity contribution in [1.29, 1.82) is 0 Å². The maximum atomic E-state index is 12.9. The van der Waals surface area contributed by atoms with E-state index in [4.69, 9.17) is 10.1 Å². The molecule has 1 aliphatic rings. The number of aryl methyl sites for hydroxylation is 1. The Morgan fingerprint density at radius 2 is 2.03 bits per heavy atom. The molecule has 10 heteroatoms. The van der Waals surface area contributed by atoms with E-state index in [1.165, 1.54) is 6.07 Å². The zero-order valence-corrected chi connectivity index (χ0v) is 19.6. The molecule has 34 heavy (non-hydrogen) atoms. The number of hydrogen-bond acceptors (Lipinski definition) is 5. The molecule has 1 unspecified atom stereocenters. The molecule has 0 amide bonds. The zero-order valence-electron chi connectivity index (χ0n) is 19.6. The fourth-order valence-corrected chi connectivity index (χ4v) is 4.88. The SMILES string of the molecule is CCC1(C(=O)O)CCCN(c2c(C(C)C)c(C)nc3cc(-c4ccc(C(F)(F)F)nc4)nn23)C1. The van der Waals surface area contributed by atoms with E-state index in [1.54, 1.807) is 10.6 Å². The summed E-state index contributed by atoms with van der Waals surface area (Å²) in [5.41, 5.74) is 1.43. The van der Waals surface area contributed by atoms with Gasteiger partial charge in [-0.2, -0.15) is 22.8 Å². The lowest BCUT2D eigenvalue weighted by Crippen LogP contribution is -2.48. The lowest BCUT2D eigenvalue weighted by molar-refractivity contribution is -0.149. The molecule has 1 aliphatic heterocycles. The molecule has 4 heterocycles. The summed E-state index contributed by atoms with van der Waals surface area (Å²) < 4.78 is 40.5. The van der Waals surface area contributed by atoms with Gasteiger partial charge in [0, 0.05) is 42.2 Å². The number of rotatable bonds is 5. The van der Waals surface area contributed by atoms with Crippen LogP contribution in [0.3, 0.4) is 0 Å². The molecule has 0 saturated carbocycles. The molecular weight excluding hydrogens is 447 g/mol. The summed E-state index contributed by atoms with van der Waals surface area (Å²) in [6.45, 7) is 8.96. The van der Waals surface area contributed by atoms with Gasteiger partial charge < -0.3 is 10.0 Å². The normalized spacial score (nSPS) is 19.2. The number of nitrogens with zero attached hydrogens (tertiary/aromatic N) is 5. The Kier molecular flexibility index (Phi) is 6.03. The van der Waals surface area contributed by atoms with Crippen molar-refractivity contribution >= 4 is 17.4 Å². The van der Waals surface area contributed by atoms with Crippen LogP contribution in [0.15, 0.2) is 24.4 Å². The lowest BCUT2D eigenvalue weighted by atomic mass is 9.77. The van der Waals surface area contributed by atoms with E-state index in [0.717, 1.165) is 35.8 Å². The fraction of sp³-hybridized carbons (Fsp3) is 0.500. The first-order valence-corrected chi connectivity index (χ1v) is 11.4. The standard InChI is InChI=1S/C24H28F3N5O2/c1-5-23(22(33)34)9-6-10-31(13-23)21-20(14(2)3)15(4)29-19-11-17(30-32(19)21)16-7-8-18(28-12-16)24(25,26)27/h7-8,11-12,14H,5-6,9-10,13H2,1-4H3,(H,33,34). The van der Waals surface area contributed by atoms with Crippen LogP contribution >= 0.6 is 0 Å². The minimum atomic E-state index is -4.51. The Balaban J connectivity index is 1.86. The molecule has 1 atom stereocenters. The molecule has 1 N–H and O–H groups in total. The number of alkyl halides is 3. The monoisotopic (exact) mass is 475 g/mol. The van der Waals surface area contributed by atoms with E-state index in [9.17, 15) is 23.1 Å². The van der Waals surface area contributed by atoms with Gasteiger partial charge in [-0.15, -0.1) is 0 Å². The summed E-state index contributed by atoms with van der Waals surface area (Å²) in [7, 11) is 0. The van der Waals surface area contributed by atoms with Crippen LogP contribution in [-0.4, -0.2) is 43.7 Å². The first kappa shape index (κ1) is 24.0. The number of hydrogen-bond donors (Lipinski definition) is 1. The molecule has 1 fully saturated rings. The average molecular weight is 476 g/mol. The summed E-state index contributed by atoms with van der Waals surface area (Å²) >= 11 is 0. The maximum Gasteiger partial charge on any atom is 0.433 e. The molecule has 182 valence electrons. The second kappa shape index (κ2) is 8.56. The number of aromatic nitrogens is 4. The van der Waals surface area contributed by atoms with E-state index in [0.29, 0.717) is 42.8 Å². The maximum absolute atomic E-state index is 12.9. The van der Waals surface area contributed by atoms with Gasteiger partial charge in [0.15, 0.2) is 5.65 Å². The zero-order chi connectivity index (χ0) is 24.8. The van der Waals surface area contributed by atoms with Crippen LogP contribution in [0.2, 0.25) is 0 Å². The molecule has 0 aliphatic carbocycles. The second-order valence-corrected chi connectivity index (χ2v) is 9.28. The van der Waals surface area contributed by atoms with Gasteiger partial charge in [-0.05, 0) is 44.2 Å². The van der Waals surface area contributed by atoms with Crippen LogP contribution in [0, 0.1) is 12.3 Å². The Hall–Kier alpha value is -3.17. The fourth-order valence-electron chi connectivity index (χ4n) is 4.88. The van der Waals surface area contributed by atoms with Gasteiger partial charge >= 0.3 is 12.1 Å². The molecule has 4 rings (SSSR count). The van der Waals surface area contributed by atoms with Crippen LogP contribution in [0.5, 0.6) is 0 Å². The van der Waals surface area contributed by atoms with Crippen LogP contribution in [0.25, 0.3) is 16.9 Å². The molecule has 1 saturated heterocycles. The first-order valence-electron chi connectivity index (χ1n) is 11.4. The summed E-state index contributed by atoms with van der Waals surface area (Å²) in [5.74, 6) is 0.0993. The van der Waals surface area contributed by atoms with Gasteiger partial charge in [-0.25, -0.2) is 4.98 Å². The van der Waals surface area contributed by atoms with Crippen molar-refractivity contribution in [3.8, 4) is 11.3 Å². The number of anilines is 1. The van der Waals surface area contributed by atoms with Gasteiger partial charge in [0.1, 0.15) is 11.5 Å². The van der Waals surface area contributed by atoms with Crippen molar-refractivity contribution in [2.75, 3.05) is 18.0 Å². The summed E-state index contributed by atoms with van der Waals surface area (Å²) in [6.07, 6.45) is -1.49. The van der Waals surface area contributed by atoms with Crippen LogP contribution in [0.1, 0.15) is 62.9 Å². The van der Waals surface area contributed by atoms with Crippen molar-refractivity contribution in [3.05, 3.63) is 41.3 Å². The van der Waals surface area contributed by atoms with E-state index in [-0.39, 0.29) is 5.92 Å². The summed E-state index contributed by atoms with van der Waals surface area (Å²) in [4.78, 5) is 22.5. The van der Waals surface area contributed by atoms with Gasteiger partial charge in [-0.3, -0.25) is 9.78 Å². The molecule has 7 nitrogen and oxygen atoms in total. The predicted octanol–water partition coefficient (Wildman–Crippen LogP) is 5.32. The second-order valence-electron chi connectivity index (χ2n) is 9.28. The summed E-state index contributed by atoms with van der Waals surface area (Å²) in [6, 6.07) is 4.01. The van der Waals surface area contributed by atoms with Crippen LogP contribution in [-0.2, 0) is 11.0 Å². The first-order chi connectivity index (χ1) is 16.0. The third-order valence-corrected chi connectivity index (χ3v) is 6.74. The molecule has 3 aromatic rings. The largest absolute Gasteiger partial charge is 0.481 e. The van der Waals surface area contributed by atoms with E-state index in [2.05, 4.69) is 23.7 Å². The highest BCUT2D eigenvalue weighted by atomic mass is 19.4. The topological polar surface area (TPSA) is 83.6 Å². The predicted molar refractivity (Wildman–Crippen MR) is 122 cm³/mol. The molecular formula is C24H28F3N5O2. The summed E-state index contributed by atoms with van der Waals surface area (Å²) in [5, 5.41) is 14.7. The van der Waals surface area contributed by atoms with Crippen molar-refractivity contribution in [1.82, 2.24) is 19.6 Å². The number of carboxylic acid groups (broad SMARTS) is 1. The molecule has 0 spiro atoms. The molecule has 3 aromatic heterocycles. The minimum absolute atomic E-state index is 0.107. The average Bonchev–Trinajstić information content (AvgIpc) is 3.20. The highest BCUT2D eigenvalue weighted by Gasteiger charge is 2.42. The van der Waals surface area contributed by atoms with Gasteiger partial charge in [0.05, 0.1) is 11.1 Å². The smallest absolute Gasteiger partial charge is 0.433 e. The molecule has 0 aromatic carbocycles. The highest BCUT2D eigenvalue weighted by molar-refractivity contribution is 5.76. The Morgan fingerprint density at radius 3 is 2.59 bits per heavy atom. The van der Waals surface area contributed by atoms with Crippen LogP contribution < -0.4 is 4.90 Å². The van der Waals surface area contributed by atoms with Gasteiger partial charge in [0.2, 0.25) is 0 Å². The van der Waals surface area contributed by atoms with E-state index < -0.39 is 23.3 Å². The third kappa shape index (κ3) is 4.10. The van der Waals surface area contributed by atoms with Crippen LogP contribution in [0.4, 0.5) is 19.0 Å². The van der Waals surface area contributed by atoms with Gasteiger partial charge in [-0.1, -0.05) is 20.8 Å². The third-order valence-electron chi connectivity index (χ3n) is 6.74.